The molecule has 0 saturated heterocycles. The molecule has 0 radical (unpaired) electrons. The first-order valence-corrected chi connectivity index (χ1v) is 7.87. The van der Waals surface area contributed by atoms with Crippen molar-refractivity contribution in [1.29, 1.82) is 0 Å². The average molecular weight is 263 g/mol. The summed E-state index contributed by atoms with van der Waals surface area (Å²) in [6, 6.07) is 0.749. The monoisotopic (exact) mass is 263 g/mol. The third-order valence-corrected chi connectivity index (χ3v) is 4.64. The second-order valence-electron chi connectivity index (χ2n) is 5.36. The van der Waals surface area contributed by atoms with Crippen molar-refractivity contribution in [2.24, 2.45) is 5.92 Å². The molecule has 3 nitrogen and oxygen atoms in total. The Labute approximate surface area is 112 Å². The fraction of sp³-hybridized carbons (Fsp3) is 0.643. The number of nitrogens with one attached hydrogen (secondary N) is 1. The maximum absolute atomic E-state index is 4.68. The lowest BCUT2D eigenvalue weighted by atomic mass is 10.0. The van der Waals surface area contributed by atoms with Crippen LogP contribution in [-0.2, 0) is 6.42 Å². The highest BCUT2D eigenvalue weighted by atomic mass is 32.1. The predicted molar refractivity (Wildman–Crippen MR) is 76.2 cm³/mol. The molecule has 2 heterocycles. The van der Waals surface area contributed by atoms with Gasteiger partial charge in [-0.05, 0) is 44.6 Å². The molecule has 1 N–H and O–H groups in total. The number of thiazole rings is 1. The van der Waals surface area contributed by atoms with E-state index in [0.717, 1.165) is 29.9 Å². The van der Waals surface area contributed by atoms with E-state index in [-0.39, 0.29) is 0 Å². The number of fused-ring (bicyclic) bond motifs is 1. The largest absolute Gasteiger partial charge is 0.314 e. The van der Waals surface area contributed by atoms with Gasteiger partial charge in [-0.25, -0.2) is 4.98 Å². The molecule has 0 bridgehead atoms. The Morgan fingerprint density at radius 3 is 3.28 bits per heavy atom. The molecule has 2 unspecified atom stereocenters. The summed E-state index contributed by atoms with van der Waals surface area (Å²) in [5.41, 5.74) is 1.27. The van der Waals surface area contributed by atoms with Crippen LogP contribution in [0.25, 0.3) is 4.96 Å². The summed E-state index contributed by atoms with van der Waals surface area (Å²) in [6.07, 6.45) is 10.7. The molecule has 1 fully saturated rings. The SMILES string of the molecule is CCCNC1CCC(Cc2cn3ccsc3n2)C1. The molecule has 2 atom stereocenters. The van der Waals surface area contributed by atoms with E-state index in [1.54, 1.807) is 11.3 Å². The summed E-state index contributed by atoms with van der Waals surface area (Å²) in [4.78, 5) is 5.81. The molecule has 0 aromatic carbocycles. The zero-order valence-corrected chi connectivity index (χ0v) is 11.7. The van der Waals surface area contributed by atoms with Gasteiger partial charge in [-0.2, -0.15) is 0 Å². The summed E-state index contributed by atoms with van der Waals surface area (Å²) in [7, 11) is 0. The maximum Gasteiger partial charge on any atom is 0.193 e. The Bertz CT molecular complexity index is 473. The van der Waals surface area contributed by atoms with E-state index in [2.05, 4.69) is 39.4 Å². The minimum absolute atomic E-state index is 0.749. The fourth-order valence-corrected chi connectivity index (χ4v) is 3.68. The number of imidazole rings is 1. The Hall–Kier alpha value is -0.870. The van der Waals surface area contributed by atoms with E-state index in [0.29, 0.717) is 0 Å². The van der Waals surface area contributed by atoms with Crippen LogP contribution in [0, 0.1) is 5.92 Å². The number of hydrogen-bond donors (Lipinski definition) is 1. The summed E-state index contributed by atoms with van der Waals surface area (Å²) in [5.74, 6) is 0.823. The first-order valence-electron chi connectivity index (χ1n) is 6.99. The number of hydrogen-bond acceptors (Lipinski definition) is 3. The molecule has 98 valence electrons. The third-order valence-electron chi connectivity index (χ3n) is 3.87. The van der Waals surface area contributed by atoms with Gasteiger partial charge in [-0.3, -0.25) is 4.40 Å². The van der Waals surface area contributed by atoms with Crippen LogP contribution in [-0.4, -0.2) is 22.0 Å². The molecule has 18 heavy (non-hydrogen) atoms. The fourth-order valence-electron chi connectivity index (χ4n) is 2.96. The summed E-state index contributed by atoms with van der Waals surface area (Å²) in [6.45, 7) is 3.40. The van der Waals surface area contributed by atoms with Gasteiger partial charge in [-0.1, -0.05) is 6.92 Å². The molecule has 0 spiro atoms. The number of aromatic nitrogens is 2. The van der Waals surface area contributed by atoms with Crippen molar-refractivity contribution in [2.75, 3.05) is 6.54 Å². The van der Waals surface area contributed by atoms with Crippen LogP contribution in [0.3, 0.4) is 0 Å². The highest BCUT2D eigenvalue weighted by Gasteiger charge is 2.24. The van der Waals surface area contributed by atoms with Gasteiger partial charge in [0.25, 0.3) is 0 Å². The molecule has 1 aliphatic rings. The normalized spacial score (nSPS) is 24.1. The molecule has 1 saturated carbocycles. The van der Waals surface area contributed by atoms with Crippen molar-refractivity contribution in [1.82, 2.24) is 14.7 Å². The van der Waals surface area contributed by atoms with E-state index in [4.69, 9.17) is 0 Å². The van der Waals surface area contributed by atoms with Gasteiger partial charge in [0.15, 0.2) is 4.96 Å². The van der Waals surface area contributed by atoms with Crippen molar-refractivity contribution >= 4 is 16.3 Å². The van der Waals surface area contributed by atoms with E-state index >= 15 is 0 Å². The van der Waals surface area contributed by atoms with Crippen molar-refractivity contribution < 1.29 is 0 Å². The zero-order valence-electron chi connectivity index (χ0n) is 10.9. The van der Waals surface area contributed by atoms with Crippen LogP contribution in [0.2, 0.25) is 0 Å². The van der Waals surface area contributed by atoms with Crippen molar-refractivity contribution in [2.45, 2.75) is 45.1 Å². The Kier molecular flexibility index (Phi) is 3.66. The standard InChI is InChI=1S/C14H21N3S/c1-2-5-15-12-4-3-11(8-12)9-13-10-17-6-7-18-14(17)16-13/h6-7,10-12,15H,2-5,8-9H2,1H3. The van der Waals surface area contributed by atoms with Gasteiger partial charge in [-0.15, -0.1) is 11.3 Å². The summed E-state index contributed by atoms with van der Waals surface area (Å²) >= 11 is 1.72. The Balaban J connectivity index is 1.56. The molecule has 1 aliphatic carbocycles. The van der Waals surface area contributed by atoms with Gasteiger partial charge in [0, 0.05) is 23.8 Å². The average Bonchev–Trinajstić information content (AvgIpc) is 3.02. The van der Waals surface area contributed by atoms with Crippen molar-refractivity contribution in [3.8, 4) is 0 Å². The van der Waals surface area contributed by atoms with Crippen LogP contribution < -0.4 is 5.32 Å². The first kappa shape index (κ1) is 12.2. The zero-order chi connectivity index (χ0) is 12.4. The molecule has 0 amide bonds. The lowest BCUT2D eigenvalue weighted by Gasteiger charge is -2.11. The smallest absolute Gasteiger partial charge is 0.193 e. The first-order chi connectivity index (χ1) is 8.85. The van der Waals surface area contributed by atoms with Crippen LogP contribution in [0.15, 0.2) is 17.8 Å². The van der Waals surface area contributed by atoms with Gasteiger partial charge >= 0.3 is 0 Å². The van der Waals surface area contributed by atoms with Gasteiger partial charge in [0.1, 0.15) is 0 Å². The Morgan fingerprint density at radius 2 is 2.44 bits per heavy atom. The quantitative estimate of drug-likeness (QED) is 0.898. The minimum atomic E-state index is 0.749. The van der Waals surface area contributed by atoms with Gasteiger partial charge < -0.3 is 5.32 Å². The Morgan fingerprint density at radius 1 is 1.50 bits per heavy atom. The van der Waals surface area contributed by atoms with Crippen LogP contribution in [0.5, 0.6) is 0 Å². The predicted octanol–water partition coefficient (Wildman–Crippen LogP) is 3.11. The van der Waals surface area contributed by atoms with Gasteiger partial charge in [0.2, 0.25) is 0 Å². The maximum atomic E-state index is 4.68. The van der Waals surface area contributed by atoms with Crippen molar-refractivity contribution in [3.05, 3.63) is 23.5 Å². The molecule has 4 heteroatoms. The highest BCUT2D eigenvalue weighted by molar-refractivity contribution is 7.15. The lowest BCUT2D eigenvalue weighted by Crippen LogP contribution is -2.27. The van der Waals surface area contributed by atoms with E-state index in [1.165, 1.54) is 31.4 Å². The van der Waals surface area contributed by atoms with Crippen LogP contribution in [0.1, 0.15) is 38.3 Å². The summed E-state index contributed by atoms with van der Waals surface area (Å²) in [5, 5.41) is 5.73. The molecule has 3 rings (SSSR count). The van der Waals surface area contributed by atoms with E-state index in [9.17, 15) is 0 Å². The molecule has 0 aliphatic heterocycles. The molecule has 2 aromatic rings. The number of rotatable bonds is 5. The van der Waals surface area contributed by atoms with Crippen molar-refractivity contribution in [3.63, 3.8) is 0 Å². The second kappa shape index (κ2) is 5.41. The van der Waals surface area contributed by atoms with Gasteiger partial charge in [0.05, 0.1) is 5.69 Å². The van der Waals surface area contributed by atoms with E-state index < -0.39 is 0 Å². The third kappa shape index (κ3) is 2.59. The summed E-state index contributed by atoms with van der Waals surface area (Å²) < 4.78 is 2.14. The molecular weight excluding hydrogens is 242 g/mol. The second-order valence-corrected chi connectivity index (χ2v) is 6.23. The van der Waals surface area contributed by atoms with Crippen LogP contribution >= 0.6 is 11.3 Å². The highest BCUT2D eigenvalue weighted by Crippen LogP contribution is 2.28. The van der Waals surface area contributed by atoms with Crippen LogP contribution in [0.4, 0.5) is 0 Å². The number of nitrogens with zero attached hydrogens (tertiary/aromatic N) is 2. The van der Waals surface area contributed by atoms with E-state index in [1.807, 2.05) is 0 Å². The lowest BCUT2D eigenvalue weighted by molar-refractivity contribution is 0.482. The topological polar surface area (TPSA) is 29.3 Å². The molecule has 2 aromatic heterocycles. The molecular formula is C14H21N3S. The minimum Gasteiger partial charge on any atom is -0.314 e.